The maximum atomic E-state index is 11.5. The molecule has 0 saturated heterocycles. The van der Waals surface area contributed by atoms with E-state index in [1.54, 1.807) is 0 Å². The smallest absolute Gasteiger partial charge is 0.284 e. The van der Waals surface area contributed by atoms with Gasteiger partial charge in [0.25, 0.3) is 11.5 Å². The maximum Gasteiger partial charge on any atom is 0.284 e. The fourth-order valence-electron chi connectivity index (χ4n) is 1.17. The van der Waals surface area contributed by atoms with Crippen LogP contribution in [-0.2, 0) is 0 Å². The van der Waals surface area contributed by atoms with E-state index in [4.69, 9.17) is 17.3 Å². The van der Waals surface area contributed by atoms with Gasteiger partial charge in [-0.1, -0.05) is 11.6 Å². The fourth-order valence-corrected chi connectivity index (χ4v) is 1.34. The van der Waals surface area contributed by atoms with E-state index >= 15 is 0 Å². The monoisotopic (exact) mass is 222 g/mol. The molecule has 0 saturated carbocycles. The molecule has 0 atom stereocenters. The molecule has 2 aromatic rings. The van der Waals surface area contributed by atoms with E-state index in [0.717, 1.165) is 0 Å². The molecule has 1 radical (unpaired) electrons. The number of hydrogen-bond donors (Lipinski definition) is 2. The zero-order chi connectivity index (χ0) is 11.0. The van der Waals surface area contributed by atoms with Crippen molar-refractivity contribution >= 4 is 28.4 Å². The first-order valence-electron chi connectivity index (χ1n) is 3.99. The number of aromatic amines is 1. The second kappa shape index (κ2) is 3.36. The maximum absolute atomic E-state index is 11.5. The molecule has 6 heteroatoms. The molecule has 2 rings (SSSR count). The number of hydrogen-bond acceptors (Lipinski definition) is 3. The first kappa shape index (κ1) is 9.67. The van der Waals surface area contributed by atoms with Gasteiger partial charge in [0.05, 0.1) is 10.9 Å². The topological polar surface area (TPSA) is 88.8 Å². The number of rotatable bonds is 1. The van der Waals surface area contributed by atoms with Gasteiger partial charge in [0.1, 0.15) is 0 Å². The molecule has 0 unspecified atom stereocenters. The van der Waals surface area contributed by atoms with E-state index in [1.165, 1.54) is 12.1 Å². The summed E-state index contributed by atoms with van der Waals surface area (Å²) >= 11 is 5.67. The zero-order valence-electron chi connectivity index (χ0n) is 7.37. The van der Waals surface area contributed by atoms with Crippen LogP contribution < -0.4 is 11.3 Å². The number of fused-ring (bicyclic) bond motifs is 1. The van der Waals surface area contributed by atoms with E-state index in [0.29, 0.717) is 15.9 Å². The Hall–Kier alpha value is -1.88. The van der Waals surface area contributed by atoms with Gasteiger partial charge in [0.2, 0.25) is 0 Å². The Balaban J connectivity index is 2.84. The van der Waals surface area contributed by atoms with Gasteiger partial charge in [0.15, 0.2) is 5.82 Å². The number of nitrogens with one attached hydrogen (secondary N) is 1. The molecule has 3 N–H and O–H groups in total. The van der Waals surface area contributed by atoms with Crippen molar-refractivity contribution in [2.24, 2.45) is 5.73 Å². The summed E-state index contributed by atoms with van der Waals surface area (Å²) in [6.07, 6.45) is 0. The van der Waals surface area contributed by atoms with E-state index in [-0.39, 0.29) is 5.82 Å². The van der Waals surface area contributed by atoms with E-state index in [9.17, 15) is 9.59 Å². The van der Waals surface area contributed by atoms with Crippen LogP contribution in [0.4, 0.5) is 0 Å². The summed E-state index contributed by atoms with van der Waals surface area (Å²) in [4.78, 5) is 28.4. The number of H-pyrrole nitrogens is 1. The van der Waals surface area contributed by atoms with Gasteiger partial charge in [-0.2, -0.15) is 0 Å². The lowest BCUT2D eigenvalue weighted by atomic mass is 10.2. The van der Waals surface area contributed by atoms with E-state index in [2.05, 4.69) is 16.0 Å². The molecular weight excluding hydrogens is 218 g/mol. The third kappa shape index (κ3) is 1.69. The minimum Gasteiger partial charge on any atom is -0.363 e. The second-order valence-corrected chi connectivity index (χ2v) is 3.27. The molecular formula is C9H5ClN3O2. The molecule has 1 amide bonds. The van der Waals surface area contributed by atoms with E-state index in [1.807, 2.05) is 0 Å². The van der Waals surface area contributed by atoms with Crippen LogP contribution in [0.3, 0.4) is 0 Å². The third-order valence-electron chi connectivity index (χ3n) is 1.84. The first-order chi connectivity index (χ1) is 7.08. The van der Waals surface area contributed by atoms with Gasteiger partial charge in [-0.05, 0) is 12.1 Å². The molecule has 0 aliphatic heterocycles. The van der Waals surface area contributed by atoms with Crippen LogP contribution >= 0.6 is 11.6 Å². The lowest BCUT2D eigenvalue weighted by Gasteiger charge is -1.99. The molecule has 0 aliphatic carbocycles. The number of aromatic nitrogens is 2. The van der Waals surface area contributed by atoms with Crippen LogP contribution in [0.15, 0.2) is 16.9 Å². The average Bonchev–Trinajstić information content (AvgIpc) is 2.18. The van der Waals surface area contributed by atoms with Crippen molar-refractivity contribution in [3.05, 3.63) is 39.4 Å². The van der Waals surface area contributed by atoms with Gasteiger partial charge in [0, 0.05) is 11.1 Å². The highest BCUT2D eigenvalue weighted by atomic mass is 35.5. The minimum absolute atomic E-state index is 0.178. The second-order valence-electron chi connectivity index (χ2n) is 2.86. The van der Waals surface area contributed by atoms with Crippen LogP contribution in [-0.4, -0.2) is 15.9 Å². The summed E-state index contributed by atoms with van der Waals surface area (Å²) in [5.41, 5.74) is 4.87. The number of benzene rings is 1. The Morgan fingerprint density at radius 1 is 1.60 bits per heavy atom. The number of amides is 1. The number of carbonyl (C=O) groups excluding carboxylic acids is 1. The molecule has 0 bridgehead atoms. The lowest BCUT2D eigenvalue weighted by Crippen LogP contribution is -2.21. The van der Waals surface area contributed by atoms with Crippen molar-refractivity contribution in [2.75, 3.05) is 0 Å². The van der Waals surface area contributed by atoms with Crippen molar-refractivity contribution in [3.8, 4) is 0 Å². The highest BCUT2D eigenvalue weighted by molar-refractivity contribution is 6.31. The van der Waals surface area contributed by atoms with Crippen LogP contribution in [0, 0.1) is 6.07 Å². The first-order valence-corrected chi connectivity index (χ1v) is 4.37. The summed E-state index contributed by atoms with van der Waals surface area (Å²) in [5.74, 6) is -0.966. The van der Waals surface area contributed by atoms with Gasteiger partial charge >= 0.3 is 0 Å². The molecule has 1 aromatic heterocycles. The molecule has 0 fully saturated rings. The van der Waals surface area contributed by atoms with Gasteiger partial charge in [-0.15, -0.1) is 0 Å². The summed E-state index contributed by atoms with van der Waals surface area (Å²) in [6, 6.07) is 5.52. The molecule has 15 heavy (non-hydrogen) atoms. The van der Waals surface area contributed by atoms with Crippen molar-refractivity contribution in [3.63, 3.8) is 0 Å². The third-order valence-corrected chi connectivity index (χ3v) is 2.05. The Morgan fingerprint density at radius 3 is 3.00 bits per heavy atom. The lowest BCUT2D eigenvalue weighted by molar-refractivity contribution is 0.0990. The van der Waals surface area contributed by atoms with Crippen LogP contribution in [0.2, 0.25) is 5.02 Å². The van der Waals surface area contributed by atoms with Gasteiger partial charge in [-0.25, -0.2) is 4.98 Å². The predicted octanol–water partition coefficient (Wildman–Crippen LogP) is 0.476. The van der Waals surface area contributed by atoms with E-state index < -0.39 is 11.5 Å². The summed E-state index contributed by atoms with van der Waals surface area (Å²) in [5, 5.41) is 0.602. The Labute approximate surface area is 88.9 Å². The van der Waals surface area contributed by atoms with Crippen LogP contribution in [0.1, 0.15) is 10.6 Å². The number of nitrogens with two attached hydrogens (primary N) is 1. The molecule has 1 aromatic carbocycles. The van der Waals surface area contributed by atoms with Gasteiger partial charge < -0.3 is 10.7 Å². The summed E-state index contributed by atoms with van der Waals surface area (Å²) < 4.78 is 0. The Morgan fingerprint density at radius 2 is 2.33 bits per heavy atom. The molecule has 5 nitrogen and oxygen atoms in total. The van der Waals surface area contributed by atoms with Crippen molar-refractivity contribution in [1.82, 2.24) is 9.97 Å². The predicted molar refractivity (Wildman–Crippen MR) is 54.7 cm³/mol. The quantitative estimate of drug-likeness (QED) is 0.735. The number of halogens is 1. The minimum atomic E-state index is -0.788. The SMILES string of the molecule is NC(=O)c1nc2c[c]c(Cl)cc2c(=O)[nH]1. The highest BCUT2D eigenvalue weighted by Crippen LogP contribution is 2.13. The Bertz CT molecular complexity index is 606. The highest BCUT2D eigenvalue weighted by Gasteiger charge is 2.07. The number of primary amides is 1. The molecule has 75 valence electrons. The number of carbonyl (C=O) groups is 1. The van der Waals surface area contributed by atoms with Crippen molar-refractivity contribution in [1.29, 1.82) is 0 Å². The van der Waals surface area contributed by atoms with Crippen LogP contribution in [0.5, 0.6) is 0 Å². The summed E-state index contributed by atoms with van der Waals surface area (Å²) in [7, 11) is 0. The molecule has 0 aliphatic rings. The van der Waals surface area contributed by atoms with Gasteiger partial charge in [-0.3, -0.25) is 9.59 Å². The average molecular weight is 223 g/mol. The number of nitrogens with zero attached hydrogens (tertiary/aromatic N) is 1. The largest absolute Gasteiger partial charge is 0.363 e. The zero-order valence-corrected chi connectivity index (χ0v) is 8.13. The fraction of sp³-hybridized carbons (Fsp3) is 0. The standard InChI is InChI=1S/C9H5ClN3O2/c10-4-1-2-6-5(3-4)9(15)13-8(12-6)7(11)14/h2-3H,(H2,11,14)(H,12,13,15). The van der Waals surface area contributed by atoms with Crippen molar-refractivity contribution < 1.29 is 4.79 Å². The van der Waals surface area contributed by atoms with Crippen molar-refractivity contribution in [2.45, 2.75) is 0 Å². The Kier molecular flexibility index (Phi) is 2.17. The molecule has 0 spiro atoms. The molecule has 1 heterocycles. The summed E-state index contributed by atoms with van der Waals surface area (Å²) in [6.45, 7) is 0. The van der Waals surface area contributed by atoms with Crippen LogP contribution in [0.25, 0.3) is 10.9 Å². The normalized spacial score (nSPS) is 10.5.